The number of carbonyl (C=O) groups excluding carboxylic acids is 3. The standard InChI is InChI=1S/C46H40Cl2N4O8/c1-26(2)24-59-46(57)52-23-34-21-41-38(50-44(54)42(60-41)32-12-14-35(15-13-32)58-25-29-7-16-36(47)37(48)17-29)19-33(34)20-40(52)43(53)51-39(45(55)56)18-27-3-8-30(9-4-27)31-10-5-28(22-49)6-11-31/h3-17,19,21,26,39-40,42H,18,20,23-25H2,1-2H3,(H,50,54)(H,51,53)(H,55,56)/t39-,40?,42-/m0/s1. The normalized spacial score (nSPS) is 16.0. The first-order valence-corrected chi connectivity index (χ1v) is 20.0. The Balaban J connectivity index is 1.06. The van der Waals surface area contributed by atoms with Gasteiger partial charge in [0.15, 0.2) is 0 Å². The minimum Gasteiger partial charge on any atom is -0.489 e. The van der Waals surface area contributed by atoms with E-state index in [9.17, 15) is 24.3 Å². The van der Waals surface area contributed by atoms with E-state index in [-0.39, 0.29) is 38.5 Å². The van der Waals surface area contributed by atoms with Crippen molar-refractivity contribution >= 4 is 52.8 Å². The number of nitriles is 1. The number of nitrogens with one attached hydrogen (secondary N) is 2. The van der Waals surface area contributed by atoms with Crippen LogP contribution in [0.15, 0.2) is 103 Å². The van der Waals surface area contributed by atoms with Gasteiger partial charge >= 0.3 is 12.1 Å². The zero-order valence-electron chi connectivity index (χ0n) is 32.6. The topological polar surface area (TPSA) is 167 Å². The van der Waals surface area contributed by atoms with Crippen LogP contribution < -0.4 is 20.1 Å². The van der Waals surface area contributed by atoms with Crippen LogP contribution in [0.2, 0.25) is 10.0 Å². The van der Waals surface area contributed by atoms with Crippen LogP contribution in [-0.2, 0) is 45.1 Å². The largest absolute Gasteiger partial charge is 0.489 e. The molecule has 3 atom stereocenters. The summed E-state index contributed by atoms with van der Waals surface area (Å²) in [6, 6.07) is 29.7. The molecule has 3 N–H and O–H groups in total. The van der Waals surface area contributed by atoms with Gasteiger partial charge in [-0.25, -0.2) is 9.59 Å². The quantitative estimate of drug-likeness (QED) is 0.112. The molecule has 7 rings (SSSR count). The molecule has 1 unspecified atom stereocenters. The maximum Gasteiger partial charge on any atom is 0.410 e. The minimum atomic E-state index is -1.30. The number of halogens is 2. The first-order valence-electron chi connectivity index (χ1n) is 19.2. The molecule has 2 aliphatic heterocycles. The van der Waals surface area contributed by atoms with E-state index >= 15 is 0 Å². The number of carbonyl (C=O) groups is 4. The van der Waals surface area contributed by atoms with Crippen LogP contribution in [0.1, 0.15) is 53.3 Å². The minimum absolute atomic E-state index is 0.0116. The molecule has 0 aliphatic carbocycles. The van der Waals surface area contributed by atoms with E-state index in [1.54, 1.807) is 72.8 Å². The summed E-state index contributed by atoms with van der Waals surface area (Å²) in [6.45, 7) is 4.14. The number of nitrogens with zero attached hydrogens (tertiary/aromatic N) is 2. The number of fused-ring (bicyclic) bond motifs is 2. The monoisotopic (exact) mass is 846 g/mol. The summed E-state index contributed by atoms with van der Waals surface area (Å²) in [7, 11) is 0. The van der Waals surface area contributed by atoms with Crippen molar-refractivity contribution in [2.75, 3.05) is 11.9 Å². The second kappa shape index (κ2) is 18.2. The van der Waals surface area contributed by atoms with Crippen molar-refractivity contribution in [2.24, 2.45) is 5.92 Å². The van der Waals surface area contributed by atoms with Crippen molar-refractivity contribution in [2.45, 2.75) is 58.0 Å². The number of hydrogen-bond donors (Lipinski definition) is 3. The van der Waals surface area contributed by atoms with Gasteiger partial charge in [-0.1, -0.05) is 91.6 Å². The molecule has 306 valence electrons. The molecule has 0 saturated carbocycles. The summed E-state index contributed by atoms with van der Waals surface area (Å²) in [4.78, 5) is 54.7. The lowest BCUT2D eigenvalue weighted by Gasteiger charge is -2.37. The summed E-state index contributed by atoms with van der Waals surface area (Å²) < 4.78 is 17.7. The number of rotatable bonds is 12. The number of benzene rings is 5. The Labute approximate surface area is 356 Å². The average Bonchev–Trinajstić information content (AvgIpc) is 3.24. The molecule has 12 nitrogen and oxygen atoms in total. The van der Waals surface area contributed by atoms with Gasteiger partial charge in [0.1, 0.15) is 30.2 Å². The number of hydrogen-bond acceptors (Lipinski definition) is 8. The molecule has 5 aromatic rings. The first-order chi connectivity index (χ1) is 28.8. The van der Waals surface area contributed by atoms with Crippen molar-refractivity contribution in [1.82, 2.24) is 10.2 Å². The van der Waals surface area contributed by atoms with Crippen LogP contribution in [0.25, 0.3) is 11.1 Å². The highest BCUT2D eigenvalue weighted by Crippen LogP contribution is 2.40. The number of ether oxygens (including phenoxy) is 3. The average molecular weight is 848 g/mol. The van der Waals surface area contributed by atoms with Gasteiger partial charge in [-0.2, -0.15) is 5.26 Å². The molecule has 3 amide bonds. The molecule has 5 aromatic carbocycles. The van der Waals surface area contributed by atoms with Crippen molar-refractivity contribution < 1.29 is 38.5 Å². The molecular weight excluding hydrogens is 807 g/mol. The third-order valence-electron chi connectivity index (χ3n) is 10.2. The first kappa shape index (κ1) is 41.6. The van der Waals surface area contributed by atoms with Crippen molar-refractivity contribution in [3.8, 4) is 28.7 Å². The molecule has 0 bridgehead atoms. The van der Waals surface area contributed by atoms with Gasteiger partial charge in [0.2, 0.25) is 12.0 Å². The summed E-state index contributed by atoms with van der Waals surface area (Å²) in [5.41, 5.74) is 6.18. The molecule has 0 aromatic heterocycles. The maximum absolute atomic E-state index is 14.0. The highest BCUT2D eigenvalue weighted by molar-refractivity contribution is 6.42. The molecular formula is C46H40Cl2N4O8. The van der Waals surface area contributed by atoms with Crippen molar-refractivity contribution in [3.05, 3.63) is 147 Å². The number of anilines is 1. The predicted octanol–water partition coefficient (Wildman–Crippen LogP) is 8.51. The maximum atomic E-state index is 14.0. The fourth-order valence-corrected chi connectivity index (χ4v) is 7.29. The van der Waals surface area contributed by atoms with Crippen LogP contribution >= 0.6 is 23.2 Å². The molecule has 2 heterocycles. The van der Waals surface area contributed by atoms with Crippen LogP contribution in [0.4, 0.5) is 10.5 Å². The number of carboxylic acid groups (broad SMARTS) is 1. The smallest absolute Gasteiger partial charge is 0.410 e. The summed E-state index contributed by atoms with van der Waals surface area (Å²) in [6.07, 6.45) is -1.68. The molecule has 60 heavy (non-hydrogen) atoms. The fourth-order valence-electron chi connectivity index (χ4n) is 6.97. The number of carboxylic acids is 1. The van der Waals surface area contributed by atoms with E-state index in [1.807, 2.05) is 44.2 Å². The highest BCUT2D eigenvalue weighted by atomic mass is 35.5. The van der Waals surface area contributed by atoms with Crippen molar-refractivity contribution in [3.63, 3.8) is 0 Å². The Morgan fingerprint density at radius 1 is 0.917 bits per heavy atom. The summed E-state index contributed by atoms with van der Waals surface area (Å²) >= 11 is 12.1. The van der Waals surface area contributed by atoms with Gasteiger partial charge in [-0.3, -0.25) is 14.5 Å². The van der Waals surface area contributed by atoms with E-state index in [4.69, 9.17) is 42.7 Å². The molecule has 0 spiro atoms. The lowest BCUT2D eigenvalue weighted by atomic mass is 9.92. The molecule has 2 aliphatic rings. The SMILES string of the molecule is CC(C)COC(=O)N1Cc2cc3c(cc2CC1C(=O)N[C@@H](Cc1ccc(-c2ccc(C#N)cc2)cc1)C(=O)O)NC(=O)[C@H](c1ccc(OCc2ccc(Cl)c(Cl)c2)cc1)O3. The second-order valence-electron chi connectivity index (χ2n) is 15.0. The van der Waals surface area contributed by atoms with Gasteiger partial charge in [0, 0.05) is 18.4 Å². The zero-order chi connectivity index (χ0) is 42.5. The number of amides is 3. The van der Waals surface area contributed by atoms with E-state index < -0.39 is 42.1 Å². The molecule has 14 heteroatoms. The van der Waals surface area contributed by atoms with Gasteiger partial charge in [0.05, 0.1) is 40.5 Å². The predicted molar refractivity (Wildman–Crippen MR) is 225 cm³/mol. The Kier molecular flexibility index (Phi) is 12.6. The van der Waals surface area contributed by atoms with E-state index in [2.05, 4.69) is 16.7 Å². The Morgan fingerprint density at radius 2 is 1.60 bits per heavy atom. The van der Waals surface area contributed by atoms with Gasteiger partial charge in [-0.05, 0) is 87.8 Å². The molecule has 0 saturated heterocycles. The summed E-state index contributed by atoms with van der Waals surface area (Å²) in [5, 5.41) is 25.7. The highest BCUT2D eigenvalue weighted by Gasteiger charge is 2.39. The number of aliphatic carboxylic acids is 1. The van der Waals surface area contributed by atoms with Crippen LogP contribution in [0.3, 0.4) is 0 Å². The van der Waals surface area contributed by atoms with Crippen LogP contribution in [0, 0.1) is 17.2 Å². The zero-order valence-corrected chi connectivity index (χ0v) is 34.1. The van der Waals surface area contributed by atoms with Gasteiger partial charge in [0.25, 0.3) is 5.91 Å². The van der Waals surface area contributed by atoms with Crippen LogP contribution in [-0.4, -0.2) is 52.6 Å². The lowest BCUT2D eigenvalue weighted by molar-refractivity contribution is -0.142. The van der Waals surface area contributed by atoms with Gasteiger partial charge < -0.3 is 30.0 Å². The van der Waals surface area contributed by atoms with Gasteiger partial charge in [-0.15, -0.1) is 0 Å². The second-order valence-corrected chi connectivity index (χ2v) is 15.8. The van der Waals surface area contributed by atoms with E-state index in [0.717, 1.165) is 16.7 Å². The van der Waals surface area contributed by atoms with Crippen LogP contribution in [0.5, 0.6) is 11.5 Å². The van der Waals surface area contributed by atoms with E-state index in [0.29, 0.717) is 55.0 Å². The lowest BCUT2D eigenvalue weighted by Crippen LogP contribution is -2.56. The Morgan fingerprint density at radius 3 is 2.25 bits per heavy atom. The molecule has 0 fully saturated rings. The Bertz CT molecular complexity index is 2470. The third kappa shape index (κ3) is 9.66. The summed E-state index contributed by atoms with van der Waals surface area (Å²) in [5.74, 6) is -1.31. The van der Waals surface area contributed by atoms with E-state index in [1.165, 1.54) is 4.90 Å². The Hall–Kier alpha value is -6.55. The third-order valence-corrected chi connectivity index (χ3v) is 10.9. The van der Waals surface area contributed by atoms with Crippen molar-refractivity contribution in [1.29, 1.82) is 5.26 Å². The fraction of sp³-hybridized carbons (Fsp3) is 0.239. The molecule has 0 radical (unpaired) electrons.